The fourth-order valence-electron chi connectivity index (χ4n) is 2.55. The standard InChI is InChI=1S/C16H13FN4O6S/c1-8-5-10(7-13(14(8)17)21(23)24)28(25,26)20-9-3-4-12-11(6-9)15(19-18-12)16(22)27-2/h3-7,20H,1-2H3,(H,18,19). The number of methoxy groups -OCH3 is 1. The Morgan fingerprint density at radius 1 is 1.32 bits per heavy atom. The zero-order valence-electron chi connectivity index (χ0n) is 14.5. The lowest BCUT2D eigenvalue weighted by Gasteiger charge is -2.09. The largest absolute Gasteiger partial charge is 0.464 e. The van der Waals surface area contributed by atoms with E-state index in [1.807, 2.05) is 0 Å². The molecule has 0 atom stereocenters. The number of halogens is 1. The van der Waals surface area contributed by atoms with Crippen LogP contribution in [0.2, 0.25) is 0 Å². The maximum Gasteiger partial charge on any atom is 0.359 e. The molecule has 0 bridgehead atoms. The molecule has 0 saturated heterocycles. The summed E-state index contributed by atoms with van der Waals surface area (Å²) in [6, 6.07) is 5.88. The Hall–Kier alpha value is -3.54. The molecular weight excluding hydrogens is 395 g/mol. The molecule has 1 heterocycles. The average molecular weight is 408 g/mol. The Morgan fingerprint density at radius 3 is 2.68 bits per heavy atom. The van der Waals surface area contributed by atoms with Crippen molar-refractivity contribution in [2.24, 2.45) is 0 Å². The number of nitro groups is 1. The normalized spacial score (nSPS) is 11.4. The van der Waals surface area contributed by atoms with E-state index in [9.17, 15) is 27.7 Å². The number of carbonyl (C=O) groups is 1. The number of aryl methyl sites for hydroxylation is 1. The van der Waals surface area contributed by atoms with Gasteiger partial charge in [0.15, 0.2) is 5.69 Å². The molecule has 0 fully saturated rings. The van der Waals surface area contributed by atoms with Crippen LogP contribution in [-0.4, -0.2) is 36.6 Å². The number of fused-ring (bicyclic) bond motifs is 1. The topological polar surface area (TPSA) is 144 Å². The molecule has 0 aliphatic carbocycles. The van der Waals surface area contributed by atoms with E-state index in [0.717, 1.165) is 6.07 Å². The molecule has 1 aromatic heterocycles. The molecular formula is C16H13FN4O6S. The number of hydrogen-bond acceptors (Lipinski definition) is 7. The summed E-state index contributed by atoms with van der Waals surface area (Å²) in [5, 5.41) is 17.7. The summed E-state index contributed by atoms with van der Waals surface area (Å²) in [7, 11) is -3.09. The van der Waals surface area contributed by atoms with Crippen molar-refractivity contribution in [3.63, 3.8) is 0 Å². The van der Waals surface area contributed by atoms with E-state index in [2.05, 4.69) is 19.7 Å². The van der Waals surface area contributed by atoms with E-state index in [-0.39, 0.29) is 16.9 Å². The number of benzene rings is 2. The summed E-state index contributed by atoms with van der Waals surface area (Å²) >= 11 is 0. The van der Waals surface area contributed by atoms with Crippen molar-refractivity contribution in [2.75, 3.05) is 11.8 Å². The van der Waals surface area contributed by atoms with Crippen molar-refractivity contribution >= 4 is 38.3 Å². The highest BCUT2D eigenvalue weighted by atomic mass is 32.2. The second-order valence-corrected chi connectivity index (χ2v) is 7.44. The molecule has 0 aliphatic heterocycles. The summed E-state index contributed by atoms with van der Waals surface area (Å²) in [5.41, 5.74) is -0.626. The maximum absolute atomic E-state index is 13.8. The SMILES string of the molecule is COC(=O)c1n[nH]c2ccc(NS(=O)(=O)c3cc(C)c(F)c([N+](=O)[O-])c3)cc12. The monoisotopic (exact) mass is 408 g/mol. The van der Waals surface area contributed by atoms with Gasteiger partial charge in [0.25, 0.3) is 10.0 Å². The van der Waals surface area contributed by atoms with E-state index in [4.69, 9.17) is 0 Å². The highest BCUT2D eigenvalue weighted by molar-refractivity contribution is 7.92. The summed E-state index contributed by atoms with van der Waals surface area (Å²) in [6.07, 6.45) is 0. The van der Waals surface area contributed by atoms with E-state index in [1.165, 1.54) is 32.2 Å². The smallest absolute Gasteiger partial charge is 0.359 e. The predicted molar refractivity (Wildman–Crippen MR) is 96.0 cm³/mol. The maximum atomic E-state index is 13.8. The van der Waals surface area contributed by atoms with Crippen LogP contribution in [0.15, 0.2) is 35.2 Å². The van der Waals surface area contributed by atoms with Crippen LogP contribution in [-0.2, 0) is 14.8 Å². The molecule has 0 spiro atoms. The van der Waals surface area contributed by atoms with Crippen molar-refractivity contribution in [1.29, 1.82) is 0 Å². The molecule has 0 aliphatic rings. The van der Waals surface area contributed by atoms with E-state index >= 15 is 0 Å². The lowest BCUT2D eigenvalue weighted by atomic mass is 10.2. The fourth-order valence-corrected chi connectivity index (χ4v) is 3.70. The molecule has 3 aromatic rings. The fraction of sp³-hybridized carbons (Fsp3) is 0.125. The lowest BCUT2D eigenvalue weighted by molar-refractivity contribution is -0.387. The van der Waals surface area contributed by atoms with Gasteiger partial charge in [-0.25, -0.2) is 13.2 Å². The number of aromatic amines is 1. The molecule has 10 nitrogen and oxygen atoms in total. The van der Waals surface area contributed by atoms with Crippen LogP contribution in [0.5, 0.6) is 0 Å². The van der Waals surface area contributed by atoms with Gasteiger partial charge in [0.1, 0.15) is 0 Å². The van der Waals surface area contributed by atoms with Gasteiger partial charge in [-0.15, -0.1) is 0 Å². The summed E-state index contributed by atoms with van der Waals surface area (Å²) in [4.78, 5) is 21.2. The number of sulfonamides is 1. The zero-order chi connectivity index (χ0) is 20.6. The van der Waals surface area contributed by atoms with Crippen molar-refractivity contribution in [3.05, 3.63) is 57.5 Å². The second kappa shape index (κ2) is 6.88. The van der Waals surface area contributed by atoms with Gasteiger partial charge < -0.3 is 4.74 Å². The van der Waals surface area contributed by atoms with Gasteiger partial charge in [-0.3, -0.25) is 19.9 Å². The van der Waals surface area contributed by atoms with Gasteiger partial charge in [0.2, 0.25) is 5.82 Å². The summed E-state index contributed by atoms with van der Waals surface area (Å²) in [5.74, 6) is -1.82. The first kappa shape index (κ1) is 19.2. The van der Waals surface area contributed by atoms with Crippen LogP contribution < -0.4 is 4.72 Å². The minimum absolute atomic E-state index is 0.0354. The van der Waals surface area contributed by atoms with Gasteiger partial charge in [0, 0.05) is 17.1 Å². The second-order valence-electron chi connectivity index (χ2n) is 5.76. The number of aromatic nitrogens is 2. The molecule has 12 heteroatoms. The van der Waals surface area contributed by atoms with Crippen LogP contribution in [0.4, 0.5) is 15.8 Å². The first-order valence-corrected chi connectivity index (χ1v) is 9.16. The average Bonchev–Trinajstić information content (AvgIpc) is 3.05. The predicted octanol–water partition coefficient (Wildman–Crippen LogP) is 2.51. The Morgan fingerprint density at radius 2 is 2.04 bits per heavy atom. The van der Waals surface area contributed by atoms with Gasteiger partial charge in [0.05, 0.1) is 22.4 Å². The minimum atomic E-state index is -4.27. The number of hydrogen-bond donors (Lipinski definition) is 2. The van der Waals surface area contributed by atoms with Crippen LogP contribution in [0, 0.1) is 22.9 Å². The number of nitro benzene ring substituents is 1. The number of nitrogens with zero attached hydrogens (tertiary/aromatic N) is 2. The first-order chi connectivity index (χ1) is 13.1. The molecule has 146 valence electrons. The number of carbonyl (C=O) groups excluding carboxylic acids is 1. The van der Waals surface area contributed by atoms with Crippen LogP contribution in [0.1, 0.15) is 16.1 Å². The zero-order valence-corrected chi connectivity index (χ0v) is 15.3. The Bertz CT molecular complexity index is 1220. The third-order valence-corrected chi connectivity index (χ3v) is 5.27. The van der Waals surface area contributed by atoms with Crippen molar-refractivity contribution < 1.29 is 27.3 Å². The van der Waals surface area contributed by atoms with Crippen LogP contribution in [0.25, 0.3) is 10.9 Å². The van der Waals surface area contributed by atoms with Gasteiger partial charge in [-0.05, 0) is 36.8 Å². The molecule has 2 aromatic carbocycles. The van der Waals surface area contributed by atoms with Crippen LogP contribution in [0.3, 0.4) is 0 Å². The minimum Gasteiger partial charge on any atom is -0.464 e. The Kier molecular flexibility index (Phi) is 4.73. The molecule has 0 amide bonds. The van der Waals surface area contributed by atoms with E-state index in [0.29, 0.717) is 17.0 Å². The molecule has 0 saturated carbocycles. The Labute approximate surface area is 157 Å². The highest BCUT2D eigenvalue weighted by Gasteiger charge is 2.24. The van der Waals surface area contributed by atoms with Crippen molar-refractivity contribution in [2.45, 2.75) is 11.8 Å². The molecule has 0 radical (unpaired) electrons. The Balaban J connectivity index is 2.03. The third-order valence-electron chi connectivity index (χ3n) is 3.91. The summed E-state index contributed by atoms with van der Waals surface area (Å²) in [6.45, 7) is 1.22. The van der Waals surface area contributed by atoms with E-state index < -0.39 is 37.3 Å². The quantitative estimate of drug-likeness (QED) is 0.375. The number of nitrogens with one attached hydrogen (secondary N) is 2. The summed E-state index contributed by atoms with van der Waals surface area (Å²) < 4.78 is 45.9. The first-order valence-electron chi connectivity index (χ1n) is 7.68. The molecule has 2 N–H and O–H groups in total. The lowest BCUT2D eigenvalue weighted by Crippen LogP contribution is -2.14. The van der Waals surface area contributed by atoms with Gasteiger partial charge in [-0.2, -0.15) is 9.49 Å². The van der Waals surface area contributed by atoms with Crippen molar-refractivity contribution in [1.82, 2.24) is 10.2 Å². The molecule has 0 unspecified atom stereocenters. The van der Waals surface area contributed by atoms with Crippen LogP contribution >= 0.6 is 0 Å². The number of anilines is 1. The van der Waals surface area contributed by atoms with Gasteiger partial charge in [-0.1, -0.05) is 0 Å². The number of esters is 1. The number of rotatable bonds is 5. The molecule has 3 rings (SSSR count). The highest BCUT2D eigenvalue weighted by Crippen LogP contribution is 2.28. The van der Waals surface area contributed by atoms with Gasteiger partial charge >= 0.3 is 11.7 Å². The van der Waals surface area contributed by atoms with E-state index in [1.54, 1.807) is 0 Å². The number of H-pyrrole nitrogens is 1. The third kappa shape index (κ3) is 3.36. The number of ether oxygens (including phenoxy) is 1. The molecule has 28 heavy (non-hydrogen) atoms. The van der Waals surface area contributed by atoms with Crippen molar-refractivity contribution in [3.8, 4) is 0 Å².